The molecule has 1 aliphatic rings. The molecule has 1 aromatic rings. The van der Waals surface area contributed by atoms with Crippen LogP contribution < -0.4 is 5.73 Å². The van der Waals surface area contributed by atoms with E-state index in [1.807, 2.05) is 6.92 Å². The number of rotatable bonds is 3. The van der Waals surface area contributed by atoms with Gasteiger partial charge >= 0.3 is 0 Å². The third-order valence-corrected chi connectivity index (χ3v) is 3.88. The minimum Gasteiger partial charge on any atom is -0.369 e. The number of halogens is 1. The molecule has 5 heteroatoms. The Morgan fingerprint density at radius 1 is 1.33 bits per heavy atom. The fourth-order valence-electron chi connectivity index (χ4n) is 2.51. The van der Waals surface area contributed by atoms with Gasteiger partial charge in [0.1, 0.15) is 5.82 Å². The summed E-state index contributed by atoms with van der Waals surface area (Å²) in [5, 5.41) is 0. The molecule has 1 aromatic carbocycles. The lowest BCUT2D eigenvalue weighted by atomic mass is 9.93. The first-order valence-corrected chi connectivity index (χ1v) is 7.01. The Kier molecular flexibility index (Phi) is 4.73. The highest BCUT2D eigenvalue weighted by atomic mass is 19.1. The normalized spacial score (nSPS) is 22.5. The second-order valence-electron chi connectivity index (χ2n) is 5.37. The van der Waals surface area contributed by atoms with Crippen LogP contribution in [0.5, 0.6) is 0 Å². The molecule has 1 saturated heterocycles. The molecule has 2 N–H and O–H groups in total. The number of carbonyl (C=O) groups excluding carboxylic acids is 2. The van der Waals surface area contributed by atoms with Gasteiger partial charge in [-0.25, -0.2) is 4.39 Å². The van der Waals surface area contributed by atoms with Gasteiger partial charge in [-0.15, -0.1) is 0 Å². The van der Waals surface area contributed by atoms with Crippen LogP contribution in [0.2, 0.25) is 0 Å². The molecule has 2 amide bonds. The van der Waals surface area contributed by atoms with Gasteiger partial charge in [0.15, 0.2) is 0 Å². The Labute approximate surface area is 123 Å². The average Bonchev–Trinajstić information content (AvgIpc) is 2.46. The van der Waals surface area contributed by atoms with E-state index < -0.39 is 0 Å². The Balaban J connectivity index is 2.08. The van der Waals surface area contributed by atoms with Crippen LogP contribution in [0.25, 0.3) is 6.08 Å². The minimum absolute atomic E-state index is 0.0540. The molecule has 21 heavy (non-hydrogen) atoms. The number of amides is 2. The first-order valence-electron chi connectivity index (χ1n) is 7.01. The Hall–Kier alpha value is -2.17. The average molecular weight is 290 g/mol. The summed E-state index contributed by atoms with van der Waals surface area (Å²) in [5.41, 5.74) is 5.68. The standard InChI is InChI=1S/C16H19FN2O2/c1-11-6-7-13(16(18)21)10-19(11)15(20)9-8-12-4-2-3-5-14(12)17/h2-5,8-9,11,13H,6-7,10H2,1H3,(H2,18,21)/b9-8-/t11-,13+/m1/s1. The maximum absolute atomic E-state index is 13.5. The molecule has 0 aromatic heterocycles. The van der Waals surface area contributed by atoms with Crippen LogP contribution in [0.3, 0.4) is 0 Å². The first-order chi connectivity index (χ1) is 9.99. The van der Waals surface area contributed by atoms with Crippen LogP contribution in [0, 0.1) is 11.7 Å². The largest absolute Gasteiger partial charge is 0.369 e. The summed E-state index contributed by atoms with van der Waals surface area (Å²) in [5.74, 6) is -1.27. The first kappa shape index (κ1) is 15.2. The quantitative estimate of drug-likeness (QED) is 0.865. The van der Waals surface area contributed by atoms with Crippen LogP contribution in [0.4, 0.5) is 4.39 Å². The van der Waals surface area contributed by atoms with E-state index in [2.05, 4.69) is 0 Å². The van der Waals surface area contributed by atoms with Gasteiger partial charge in [-0.05, 0) is 31.9 Å². The zero-order chi connectivity index (χ0) is 15.4. The van der Waals surface area contributed by atoms with E-state index in [1.165, 1.54) is 18.2 Å². The van der Waals surface area contributed by atoms with Crippen molar-refractivity contribution in [1.29, 1.82) is 0 Å². The highest BCUT2D eigenvalue weighted by molar-refractivity contribution is 5.92. The maximum atomic E-state index is 13.5. The number of primary amides is 1. The van der Waals surface area contributed by atoms with Crippen LogP contribution in [-0.4, -0.2) is 29.3 Å². The third kappa shape index (κ3) is 3.68. The van der Waals surface area contributed by atoms with Crippen molar-refractivity contribution < 1.29 is 14.0 Å². The van der Waals surface area contributed by atoms with Gasteiger partial charge < -0.3 is 10.6 Å². The van der Waals surface area contributed by atoms with E-state index >= 15 is 0 Å². The van der Waals surface area contributed by atoms with Gasteiger partial charge in [-0.3, -0.25) is 9.59 Å². The molecule has 0 unspecified atom stereocenters. The third-order valence-electron chi connectivity index (χ3n) is 3.88. The molecule has 0 aliphatic carbocycles. The number of nitrogens with zero attached hydrogens (tertiary/aromatic N) is 1. The highest BCUT2D eigenvalue weighted by Gasteiger charge is 2.30. The van der Waals surface area contributed by atoms with E-state index in [9.17, 15) is 14.0 Å². The number of nitrogens with two attached hydrogens (primary N) is 1. The van der Waals surface area contributed by atoms with Crippen molar-refractivity contribution in [3.05, 3.63) is 41.7 Å². The monoisotopic (exact) mass is 290 g/mol. The zero-order valence-corrected chi connectivity index (χ0v) is 12.0. The number of hydrogen-bond donors (Lipinski definition) is 1. The molecule has 4 nitrogen and oxygen atoms in total. The van der Waals surface area contributed by atoms with Crippen molar-refractivity contribution in [1.82, 2.24) is 4.90 Å². The molecule has 2 rings (SSSR count). The van der Waals surface area contributed by atoms with Crippen LogP contribution >= 0.6 is 0 Å². The van der Waals surface area contributed by atoms with Crippen LogP contribution in [0.1, 0.15) is 25.3 Å². The molecule has 112 valence electrons. The van der Waals surface area contributed by atoms with E-state index in [0.29, 0.717) is 18.5 Å². The lowest BCUT2D eigenvalue weighted by Gasteiger charge is -2.36. The van der Waals surface area contributed by atoms with Crippen molar-refractivity contribution in [2.75, 3.05) is 6.54 Å². The summed E-state index contributed by atoms with van der Waals surface area (Å²) >= 11 is 0. The van der Waals surface area contributed by atoms with E-state index in [1.54, 1.807) is 23.1 Å². The summed E-state index contributed by atoms with van der Waals surface area (Å²) in [6.07, 6.45) is 4.25. The summed E-state index contributed by atoms with van der Waals surface area (Å²) in [6.45, 7) is 2.27. The van der Waals surface area contributed by atoms with Crippen molar-refractivity contribution >= 4 is 17.9 Å². The molecular weight excluding hydrogens is 271 g/mol. The molecule has 0 saturated carbocycles. The lowest BCUT2D eigenvalue weighted by Crippen LogP contribution is -2.48. The predicted molar refractivity (Wildman–Crippen MR) is 78.5 cm³/mol. The molecule has 2 atom stereocenters. The Morgan fingerprint density at radius 3 is 2.71 bits per heavy atom. The number of benzene rings is 1. The second-order valence-corrected chi connectivity index (χ2v) is 5.37. The van der Waals surface area contributed by atoms with E-state index in [-0.39, 0.29) is 29.6 Å². The van der Waals surface area contributed by atoms with Gasteiger partial charge in [0, 0.05) is 24.2 Å². The van der Waals surface area contributed by atoms with Gasteiger partial charge in [-0.2, -0.15) is 0 Å². The molecule has 0 spiro atoms. The fourth-order valence-corrected chi connectivity index (χ4v) is 2.51. The highest BCUT2D eigenvalue weighted by Crippen LogP contribution is 2.22. The van der Waals surface area contributed by atoms with Gasteiger partial charge in [0.25, 0.3) is 0 Å². The van der Waals surface area contributed by atoms with Crippen LogP contribution in [-0.2, 0) is 9.59 Å². The van der Waals surface area contributed by atoms with Crippen molar-refractivity contribution in [2.24, 2.45) is 11.7 Å². The Morgan fingerprint density at radius 2 is 2.05 bits per heavy atom. The van der Waals surface area contributed by atoms with Crippen molar-refractivity contribution in [3.63, 3.8) is 0 Å². The zero-order valence-electron chi connectivity index (χ0n) is 12.0. The van der Waals surface area contributed by atoms with Crippen molar-refractivity contribution in [2.45, 2.75) is 25.8 Å². The SMILES string of the molecule is C[C@@H]1CC[C@H](C(N)=O)CN1C(=O)/C=C\c1ccccc1F. The molecular formula is C16H19FN2O2. The lowest BCUT2D eigenvalue weighted by molar-refractivity contribution is -0.133. The van der Waals surface area contributed by atoms with Gasteiger partial charge in [0.05, 0.1) is 5.92 Å². The maximum Gasteiger partial charge on any atom is 0.246 e. The molecule has 0 bridgehead atoms. The molecule has 1 heterocycles. The number of carbonyl (C=O) groups is 2. The van der Waals surface area contributed by atoms with Crippen LogP contribution in [0.15, 0.2) is 30.3 Å². The molecule has 0 radical (unpaired) electrons. The summed E-state index contributed by atoms with van der Waals surface area (Å²) < 4.78 is 13.5. The summed E-state index contributed by atoms with van der Waals surface area (Å²) in [4.78, 5) is 25.1. The smallest absolute Gasteiger partial charge is 0.246 e. The minimum atomic E-state index is -0.377. The summed E-state index contributed by atoms with van der Waals surface area (Å²) in [6, 6.07) is 6.30. The molecule has 1 aliphatic heterocycles. The van der Waals surface area contributed by atoms with Gasteiger partial charge in [-0.1, -0.05) is 18.2 Å². The van der Waals surface area contributed by atoms with Crippen molar-refractivity contribution in [3.8, 4) is 0 Å². The fraction of sp³-hybridized carbons (Fsp3) is 0.375. The van der Waals surface area contributed by atoms with E-state index in [4.69, 9.17) is 5.73 Å². The second kappa shape index (κ2) is 6.52. The topological polar surface area (TPSA) is 63.4 Å². The van der Waals surface area contributed by atoms with Gasteiger partial charge in [0.2, 0.25) is 11.8 Å². The number of hydrogen-bond acceptors (Lipinski definition) is 2. The predicted octanol–water partition coefficient (Wildman–Crippen LogP) is 1.95. The molecule has 1 fully saturated rings. The number of piperidine rings is 1. The van der Waals surface area contributed by atoms with E-state index in [0.717, 1.165) is 6.42 Å². The number of likely N-dealkylation sites (tertiary alicyclic amines) is 1. The Bertz CT molecular complexity index is 571. The summed E-state index contributed by atoms with van der Waals surface area (Å²) in [7, 11) is 0.